The monoisotopic (exact) mass is 375 g/mol. The van der Waals surface area contributed by atoms with E-state index in [9.17, 15) is 0 Å². The molecule has 0 atom stereocenters. The zero-order valence-electron chi connectivity index (χ0n) is 17.8. The van der Waals surface area contributed by atoms with Gasteiger partial charge in [-0.2, -0.15) is 0 Å². The van der Waals surface area contributed by atoms with E-state index in [2.05, 4.69) is 60.2 Å². The number of aryl methyl sites for hydroxylation is 1. The number of methoxy groups -OCH3 is 1. The molecule has 1 heterocycles. The second kappa shape index (κ2) is 10.7. The quantitative estimate of drug-likeness (QED) is 0.430. The number of guanidine groups is 1. The molecule has 0 unspecified atom stereocenters. The Labute approximate surface area is 165 Å². The van der Waals surface area contributed by atoms with Crippen molar-refractivity contribution in [2.24, 2.45) is 4.99 Å². The molecule has 1 saturated heterocycles. The fourth-order valence-corrected chi connectivity index (χ4v) is 3.49. The predicted octanol–water partition coefficient (Wildman–Crippen LogP) is 3.37. The molecule has 152 valence electrons. The van der Waals surface area contributed by atoms with Crippen LogP contribution in [0.3, 0.4) is 0 Å². The molecule has 5 nitrogen and oxygen atoms in total. The van der Waals surface area contributed by atoms with E-state index in [0.29, 0.717) is 6.10 Å². The fraction of sp³-hybridized carbons (Fsp3) is 0.682. The first-order chi connectivity index (χ1) is 13.0. The van der Waals surface area contributed by atoms with E-state index >= 15 is 0 Å². The van der Waals surface area contributed by atoms with Crippen molar-refractivity contribution in [3.63, 3.8) is 0 Å². The molecule has 0 amide bonds. The molecule has 0 aromatic heterocycles. The van der Waals surface area contributed by atoms with Gasteiger partial charge in [-0.3, -0.25) is 4.99 Å². The van der Waals surface area contributed by atoms with Gasteiger partial charge in [0.1, 0.15) is 0 Å². The Morgan fingerprint density at radius 3 is 2.63 bits per heavy atom. The molecule has 1 aromatic carbocycles. The molecular formula is C22H37N3O2. The van der Waals surface area contributed by atoms with Gasteiger partial charge < -0.3 is 19.7 Å². The minimum atomic E-state index is 0.0464. The van der Waals surface area contributed by atoms with Crippen molar-refractivity contribution in [3.05, 3.63) is 35.4 Å². The molecule has 0 spiro atoms. The number of nitrogens with zero attached hydrogens (tertiary/aromatic N) is 2. The highest BCUT2D eigenvalue weighted by atomic mass is 16.5. The van der Waals surface area contributed by atoms with Crippen LogP contribution in [0.1, 0.15) is 44.2 Å². The van der Waals surface area contributed by atoms with Crippen LogP contribution in [0.4, 0.5) is 0 Å². The van der Waals surface area contributed by atoms with Crippen LogP contribution >= 0.6 is 0 Å². The zero-order valence-corrected chi connectivity index (χ0v) is 17.8. The average molecular weight is 376 g/mol. The highest BCUT2D eigenvalue weighted by molar-refractivity contribution is 5.80. The van der Waals surface area contributed by atoms with Gasteiger partial charge in [-0.25, -0.2) is 0 Å². The van der Waals surface area contributed by atoms with E-state index in [1.54, 1.807) is 7.11 Å². The summed E-state index contributed by atoms with van der Waals surface area (Å²) in [5.74, 6) is 0.994. The second-order valence-electron chi connectivity index (χ2n) is 8.06. The molecule has 0 saturated carbocycles. The zero-order chi connectivity index (χ0) is 19.7. The predicted molar refractivity (Wildman–Crippen MR) is 113 cm³/mol. The number of aliphatic imine (C=N–C) groups is 1. The van der Waals surface area contributed by atoms with Crippen molar-refractivity contribution in [2.75, 3.05) is 47.0 Å². The van der Waals surface area contributed by atoms with Gasteiger partial charge in [-0.05, 0) is 31.7 Å². The minimum absolute atomic E-state index is 0.0464. The van der Waals surface area contributed by atoms with Crippen molar-refractivity contribution in [3.8, 4) is 0 Å². The summed E-state index contributed by atoms with van der Waals surface area (Å²) in [6.45, 7) is 11.1. The van der Waals surface area contributed by atoms with Crippen molar-refractivity contribution >= 4 is 5.96 Å². The van der Waals surface area contributed by atoms with Crippen LogP contribution in [0.25, 0.3) is 0 Å². The normalized spacial score (nSPS) is 16.6. The maximum atomic E-state index is 5.96. The van der Waals surface area contributed by atoms with Gasteiger partial charge >= 0.3 is 0 Å². The maximum absolute atomic E-state index is 5.96. The summed E-state index contributed by atoms with van der Waals surface area (Å²) in [6, 6.07) is 8.77. The Morgan fingerprint density at radius 2 is 2.00 bits per heavy atom. The lowest BCUT2D eigenvalue weighted by atomic mass is 9.84. The van der Waals surface area contributed by atoms with Crippen LogP contribution in [0.15, 0.2) is 29.3 Å². The van der Waals surface area contributed by atoms with Gasteiger partial charge in [0.15, 0.2) is 5.96 Å². The molecule has 2 rings (SSSR count). The van der Waals surface area contributed by atoms with E-state index in [1.807, 2.05) is 7.05 Å². The van der Waals surface area contributed by atoms with Gasteiger partial charge in [0.25, 0.3) is 0 Å². The highest BCUT2D eigenvalue weighted by Gasteiger charge is 2.25. The Hall–Kier alpha value is -1.59. The number of hydrogen-bond donors (Lipinski definition) is 1. The largest absolute Gasteiger partial charge is 0.385 e. The third-order valence-electron chi connectivity index (χ3n) is 5.29. The number of rotatable bonds is 8. The molecule has 0 radical (unpaired) electrons. The minimum Gasteiger partial charge on any atom is -0.385 e. The number of benzene rings is 1. The van der Waals surface area contributed by atoms with E-state index in [0.717, 1.165) is 58.1 Å². The van der Waals surface area contributed by atoms with Gasteiger partial charge in [-0.1, -0.05) is 43.7 Å². The third-order valence-corrected chi connectivity index (χ3v) is 5.29. The number of hydrogen-bond acceptors (Lipinski definition) is 3. The Kier molecular flexibility index (Phi) is 8.58. The lowest BCUT2D eigenvalue weighted by Gasteiger charge is -2.35. The summed E-state index contributed by atoms with van der Waals surface area (Å²) in [5.41, 5.74) is 2.70. The standard InChI is InChI=1S/C22H37N3O2/c1-18-8-6-9-19(16-18)22(2,3)17-24-21(23-4)25-12-10-20(11-13-25)27-15-7-14-26-5/h6,8-9,16,20H,7,10-15,17H2,1-5H3,(H,23,24). The molecular weight excluding hydrogens is 338 g/mol. The summed E-state index contributed by atoms with van der Waals surface area (Å²) in [7, 11) is 3.60. The summed E-state index contributed by atoms with van der Waals surface area (Å²) < 4.78 is 11.0. The van der Waals surface area contributed by atoms with Crippen LogP contribution in [-0.2, 0) is 14.9 Å². The third kappa shape index (κ3) is 6.82. The Bertz CT molecular complexity index is 593. The van der Waals surface area contributed by atoms with Crippen LogP contribution in [0.5, 0.6) is 0 Å². The van der Waals surface area contributed by atoms with Crippen molar-refractivity contribution < 1.29 is 9.47 Å². The SMILES string of the molecule is CN=C(NCC(C)(C)c1cccc(C)c1)N1CCC(OCCCOC)CC1. The van der Waals surface area contributed by atoms with Crippen molar-refractivity contribution in [1.29, 1.82) is 0 Å². The van der Waals surface area contributed by atoms with Crippen LogP contribution < -0.4 is 5.32 Å². The molecule has 0 bridgehead atoms. The summed E-state index contributed by atoms with van der Waals surface area (Å²) in [4.78, 5) is 6.86. The highest BCUT2D eigenvalue weighted by Crippen LogP contribution is 2.23. The van der Waals surface area contributed by atoms with Crippen LogP contribution in [0.2, 0.25) is 0 Å². The Morgan fingerprint density at radius 1 is 1.26 bits per heavy atom. The first-order valence-electron chi connectivity index (χ1n) is 10.1. The number of piperidine rings is 1. The van der Waals surface area contributed by atoms with Gasteiger partial charge in [-0.15, -0.1) is 0 Å². The van der Waals surface area contributed by atoms with Crippen LogP contribution in [0, 0.1) is 6.92 Å². The molecule has 5 heteroatoms. The first kappa shape index (κ1) is 21.7. The lowest BCUT2D eigenvalue weighted by molar-refractivity contribution is 0.00987. The number of ether oxygens (including phenoxy) is 2. The van der Waals surface area contributed by atoms with E-state index in [-0.39, 0.29) is 5.41 Å². The Balaban J connectivity index is 1.81. The van der Waals surface area contributed by atoms with E-state index in [1.165, 1.54) is 11.1 Å². The van der Waals surface area contributed by atoms with Gasteiger partial charge in [0.05, 0.1) is 6.10 Å². The number of likely N-dealkylation sites (tertiary alicyclic amines) is 1. The smallest absolute Gasteiger partial charge is 0.193 e. The summed E-state index contributed by atoms with van der Waals surface area (Å²) in [6.07, 6.45) is 3.43. The van der Waals surface area contributed by atoms with Crippen LogP contribution in [-0.4, -0.2) is 64.0 Å². The fourth-order valence-electron chi connectivity index (χ4n) is 3.49. The molecule has 1 aromatic rings. The molecule has 0 aliphatic carbocycles. The molecule has 1 aliphatic rings. The topological polar surface area (TPSA) is 46.1 Å². The van der Waals surface area contributed by atoms with Crippen molar-refractivity contribution in [1.82, 2.24) is 10.2 Å². The molecule has 1 N–H and O–H groups in total. The summed E-state index contributed by atoms with van der Waals surface area (Å²) in [5, 5.41) is 3.59. The first-order valence-corrected chi connectivity index (χ1v) is 10.1. The maximum Gasteiger partial charge on any atom is 0.193 e. The van der Waals surface area contributed by atoms with Gasteiger partial charge in [0, 0.05) is 52.4 Å². The van der Waals surface area contributed by atoms with E-state index in [4.69, 9.17) is 9.47 Å². The average Bonchev–Trinajstić information content (AvgIpc) is 2.67. The second-order valence-corrected chi connectivity index (χ2v) is 8.06. The lowest BCUT2D eigenvalue weighted by Crippen LogP contribution is -2.49. The van der Waals surface area contributed by atoms with E-state index < -0.39 is 0 Å². The van der Waals surface area contributed by atoms with Gasteiger partial charge in [0.2, 0.25) is 0 Å². The van der Waals surface area contributed by atoms with Crippen molar-refractivity contribution in [2.45, 2.75) is 51.6 Å². The molecule has 1 aliphatic heterocycles. The number of nitrogens with one attached hydrogen (secondary N) is 1. The molecule has 1 fully saturated rings. The molecule has 27 heavy (non-hydrogen) atoms. The summed E-state index contributed by atoms with van der Waals surface area (Å²) >= 11 is 0.